The first-order valence-corrected chi connectivity index (χ1v) is 7.13. The van der Waals surface area contributed by atoms with Crippen molar-refractivity contribution in [3.8, 4) is 0 Å². The highest BCUT2D eigenvalue weighted by Gasteiger charge is 2.10. The first kappa shape index (κ1) is 15.7. The molecule has 1 N–H and O–H groups in total. The Morgan fingerprint density at radius 1 is 1.24 bits per heavy atom. The van der Waals surface area contributed by atoms with Crippen molar-refractivity contribution in [2.75, 3.05) is 32.2 Å². The summed E-state index contributed by atoms with van der Waals surface area (Å²) in [6.07, 6.45) is 1.76. The summed E-state index contributed by atoms with van der Waals surface area (Å²) in [6, 6.07) is 0. The van der Waals surface area contributed by atoms with Crippen LogP contribution in [0.2, 0.25) is 0 Å². The summed E-state index contributed by atoms with van der Waals surface area (Å²) in [5.41, 5.74) is 0.795. The van der Waals surface area contributed by atoms with Crippen molar-refractivity contribution in [1.29, 1.82) is 0 Å². The summed E-state index contributed by atoms with van der Waals surface area (Å²) in [6.45, 7) is 6.49. The van der Waals surface area contributed by atoms with E-state index in [0.717, 1.165) is 23.5 Å². The molecule has 2 heterocycles. The maximum absolute atomic E-state index is 5.56. The zero-order valence-electron chi connectivity index (χ0n) is 13.1. The quantitative estimate of drug-likeness (QED) is 0.745. The lowest BCUT2D eigenvalue weighted by Crippen LogP contribution is -2.10. The molecular weight excluding hydrogens is 270 g/mol. The van der Waals surface area contributed by atoms with E-state index in [0.29, 0.717) is 31.6 Å². The Labute approximate surface area is 124 Å². The summed E-state index contributed by atoms with van der Waals surface area (Å²) in [4.78, 5) is 8.91. The normalized spacial score (nSPS) is 11.5. The lowest BCUT2D eigenvalue weighted by molar-refractivity contribution is 0.0295. The highest BCUT2D eigenvalue weighted by molar-refractivity contribution is 5.86. The molecule has 0 bridgehead atoms. The molecule has 7 nitrogen and oxygen atoms in total. The molecule has 0 radical (unpaired) electrons. The average Bonchev–Trinajstić information content (AvgIpc) is 2.83. The number of fused-ring (bicyclic) bond motifs is 1. The number of hydrogen-bond donors (Lipinski definition) is 1. The molecule has 2 aromatic heterocycles. The zero-order valence-corrected chi connectivity index (χ0v) is 13.1. The van der Waals surface area contributed by atoms with Crippen LogP contribution < -0.4 is 5.32 Å². The molecule has 0 atom stereocenters. The molecule has 0 saturated heterocycles. The van der Waals surface area contributed by atoms with Crippen LogP contribution in [0, 0.1) is 5.92 Å². The minimum Gasteiger partial charge on any atom is -0.379 e. The monoisotopic (exact) mass is 293 g/mol. The van der Waals surface area contributed by atoms with Crippen molar-refractivity contribution in [1.82, 2.24) is 19.7 Å². The molecule has 0 aliphatic rings. The minimum atomic E-state index is 0.362. The van der Waals surface area contributed by atoms with E-state index in [1.807, 2.05) is 14.1 Å². The fourth-order valence-electron chi connectivity index (χ4n) is 1.92. The third kappa shape index (κ3) is 4.12. The molecule has 21 heavy (non-hydrogen) atoms. The summed E-state index contributed by atoms with van der Waals surface area (Å²) in [5, 5.41) is 8.16. The van der Waals surface area contributed by atoms with Crippen LogP contribution in [-0.2, 0) is 23.1 Å². The number of ether oxygens (including phenoxy) is 2. The van der Waals surface area contributed by atoms with Crippen LogP contribution in [0.1, 0.15) is 19.7 Å². The van der Waals surface area contributed by atoms with Crippen molar-refractivity contribution in [2.24, 2.45) is 13.0 Å². The molecule has 2 aromatic rings. The largest absolute Gasteiger partial charge is 0.379 e. The molecule has 0 amide bonds. The van der Waals surface area contributed by atoms with Crippen LogP contribution in [0.25, 0.3) is 11.0 Å². The predicted molar refractivity (Wildman–Crippen MR) is 81.2 cm³/mol. The number of nitrogens with one attached hydrogen (secondary N) is 1. The third-order valence-electron chi connectivity index (χ3n) is 2.93. The Hall–Kier alpha value is -1.73. The number of hydrogen-bond acceptors (Lipinski definition) is 6. The second-order valence-electron chi connectivity index (χ2n) is 5.27. The van der Waals surface area contributed by atoms with E-state index in [-0.39, 0.29) is 0 Å². The second kappa shape index (κ2) is 7.33. The number of nitrogens with zero attached hydrogens (tertiary/aromatic N) is 4. The molecule has 0 saturated carbocycles. The van der Waals surface area contributed by atoms with Gasteiger partial charge < -0.3 is 14.8 Å². The van der Waals surface area contributed by atoms with Crippen LogP contribution >= 0.6 is 0 Å². The van der Waals surface area contributed by atoms with Gasteiger partial charge in [-0.25, -0.2) is 9.97 Å². The molecule has 0 unspecified atom stereocenters. The van der Waals surface area contributed by atoms with Gasteiger partial charge in [0.2, 0.25) is 0 Å². The van der Waals surface area contributed by atoms with Crippen molar-refractivity contribution < 1.29 is 9.47 Å². The van der Waals surface area contributed by atoms with Crippen LogP contribution in [-0.4, -0.2) is 46.6 Å². The van der Waals surface area contributed by atoms with E-state index in [4.69, 9.17) is 9.47 Å². The van der Waals surface area contributed by atoms with Crippen molar-refractivity contribution in [3.05, 3.63) is 12.0 Å². The molecule has 116 valence electrons. The molecule has 0 aromatic carbocycles. The lowest BCUT2D eigenvalue weighted by Gasteiger charge is -2.08. The van der Waals surface area contributed by atoms with Gasteiger partial charge in [-0.1, -0.05) is 13.8 Å². The molecule has 0 aliphatic carbocycles. The molecule has 0 aliphatic heterocycles. The van der Waals surface area contributed by atoms with Gasteiger partial charge in [0, 0.05) is 20.7 Å². The van der Waals surface area contributed by atoms with Crippen molar-refractivity contribution in [2.45, 2.75) is 20.5 Å². The second-order valence-corrected chi connectivity index (χ2v) is 5.27. The van der Waals surface area contributed by atoms with Crippen LogP contribution in [0.5, 0.6) is 0 Å². The van der Waals surface area contributed by atoms with Crippen molar-refractivity contribution >= 4 is 16.9 Å². The molecule has 7 heteroatoms. The van der Waals surface area contributed by atoms with Crippen molar-refractivity contribution in [3.63, 3.8) is 0 Å². The van der Waals surface area contributed by atoms with E-state index in [9.17, 15) is 0 Å². The van der Waals surface area contributed by atoms with Crippen LogP contribution in [0.15, 0.2) is 6.20 Å². The number of rotatable bonds is 8. The van der Waals surface area contributed by atoms with Gasteiger partial charge in [-0.2, -0.15) is 5.10 Å². The zero-order chi connectivity index (χ0) is 15.2. The van der Waals surface area contributed by atoms with E-state index in [1.165, 1.54) is 0 Å². The summed E-state index contributed by atoms with van der Waals surface area (Å²) in [5.74, 6) is 1.95. The van der Waals surface area contributed by atoms with Crippen LogP contribution in [0.4, 0.5) is 5.82 Å². The SMILES string of the molecule is CNc1nc(COCCOCC(C)C)nc2c1cnn2C. The summed E-state index contributed by atoms with van der Waals surface area (Å²) >= 11 is 0. The molecule has 0 spiro atoms. The standard InChI is InChI=1S/C14H23N5O2/c1-10(2)8-20-5-6-21-9-12-17-13(15-3)11-7-16-19(4)14(11)18-12/h7,10H,5-6,8-9H2,1-4H3,(H,15,17,18). The Kier molecular flexibility index (Phi) is 5.46. The smallest absolute Gasteiger partial charge is 0.163 e. The number of anilines is 1. The Bertz CT molecular complexity index is 582. The van der Waals surface area contributed by atoms with Gasteiger partial charge in [-0.05, 0) is 5.92 Å². The first-order chi connectivity index (χ1) is 10.1. The van der Waals surface area contributed by atoms with Gasteiger partial charge in [0.1, 0.15) is 12.4 Å². The topological polar surface area (TPSA) is 74.1 Å². The van der Waals surface area contributed by atoms with Gasteiger partial charge in [0.25, 0.3) is 0 Å². The number of aryl methyl sites for hydroxylation is 1. The van der Waals surface area contributed by atoms with Gasteiger partial charge >= 0.3 is 0 Å². The molecular formula is C14H23N5O2. The van der Waals surface area contributed by atoms with Crippen LogP contribution in [0.3, 0.4) is 0 Å². The number of aromatic nitrogens is 4. The Morgan fingerprint density at radius 2 is 2.00 bits per heavy atom. The third-order valence-corrected chi connectivity index (χ3v) is 2.93. The summed E-state index contributed by atoms with van der Waals surface area (Å²) in [7, 11) is 3.69. The maximum atomic E-state index is 5.56. The van der Waals surface area contributed by atoms with Gasteiger partial charge in [0.15, 0.2) is 11.5 Å². The van der Waals surface area contributed by atoms with E-state index >= 15 is 0 Å². The minimum absolute atomic E-state index is 0.362. The highest BCUT2D eigenvalue weighted by Crippen LogP contribution is 2.19. The molecule has 0 fully saturated rings. The fraction of sp³-hybridized carbons (Fsp3) is 0.643. The summed E-state index contributed by atoms with van der Waals surface area (Å²) < 4.78 is 12.8. The lowest BCUT2D eigenvalue weighted by atomic mass is 10.2. The first-order valence-electron chi connectivity index (χ1n) is 7.13. The molecule has 2 rings (SSSR count). The van der Waals surface area contributed by atoms with Gasteiger partial charge in [-0.15, -0.1) is 0 Å². The highest BCUT2D eigenvalue weighted by atomic mass is 16.5. The van der Waals surface area contributed by atoms with Gasteiger partial charge in [-0.3, -0.25) is 4.68 Å². The van der Waals surface area contributed by atoms with E-state index in [1.54, 1.807) is 10.9 Å². The Morgan fingerprint density at radius 3 is 2.71 bits per heavy atom. The fourth-order valence-corrected chi connectivity index (χ4v) is 1.92. The average molecular weight is 293 g/mol. The maximum Gasteiger partial charge on any atom is 0.163 e. The predicted octanol–water partition coefficient (Wildman–Crippen LogP) is 1.59. The Balaban J connectivity index is 1.91. The van der Waals surface area contributed by atoms with E-state index in [2.05, 4.69) is 34.2 Å². The van der Waals surface area contributed by atoms with E-state index < -0.39 is 0 Å². The van der Waals surface area contributed by atoms with Gasteiger partial charge in [0.05, 0.1) is 24.8 Å².